The van der Waals surface area contributed by atoms with Gasteiger partial charge in [-0.2, -0.15) is 0 Å². The highest BCUT2D eigenvalue weighted by Gasteiger charge is 2.27. The minimum Gasteiger partial charge on any atom is -0.356 e. The number of aromatic nitrogens is 1. The zero-order valence-electron chi connectivity index (χ0n) is 17.3. The number of piperidine rings is 1. The van der Waals surface area contributed by atoms with Gasteiger partial charge in [-0.05, 0) is 32.6 Å². The van der Waals surface area contributed by atoms with E-state index in [1.165, 1.54) is 12.8 Å². The van der Waals surface area contributed by atoms with Crippen LogP contribution in [0.2, 0.25) is 0 Å². The van der Waals surface area contributed by atoms with Gasteiger partial charge in [0.25, 0.3) is 0 Å². The number of nitrogens with one attached hydrogen (secondary N) is 2. The predicted octanol–water partition coefficient (Wildman–Crippen LogP) is 1.88. The monoisotopic (exact) mass is 556 g/mol. The molecule has 29 heavy (non-hydrogen) atoms. The fraction of sp³-hybridized carbons (Fsp3) is 0.778. The van der Waals surface area contributed by atoms with Crippen molar-refractivity contribution >= 4 is 56.4 Å². The normalized spacial score (nSPS) is 19.2. The van der Waals surface area contributed by atoms with E-state index in [9.17, 15) is 8.42 Å². The van der Waals surface area contributed by atoms with E-state index in [4.69, 9.17) is 4.98 Å². The van der Waals surface area contributed by atoms with Gasteiger partial charge < -0.3 is 15.5 Å². The minimum absolute atomic E-state index is 0. The van der Waals surface area contributed by atoms with Gasteiger partial charge in [0.1, 0.15) is 0 Å². The van der Waals surface area contributed by atoms with E-state index in [-0.39, 0.29) is 35.8 Å². The van der Waals surface area contributed by atoms with Crippen molar-refractivity contribution in [1.29, 1.82) is 0 Å². The van der Waals surface area contributed by atoms with Gasteiger partial charge in [0.2, 0.25) is 10.0 Å². The largest absolute Gasteiger partial charge is 0.356 e. The van der Waals surface area contributed by atoms with Crippen LogP contribution in [0, 0.1) is 0 Å². The van der Waals surface area contributed by atoms with Crippen LogP contribution in [0.25, 0.3) is 0 Å². The summed E-state index contributed by atoms with van der Waals surface area (Å²) >= 11 is 1.73. The number of aliphatic imine (C=N–C) groups is 1. The Morgan fingerprint density at radius 1 is 1.28 bits per heavy atom. The molecule has 0 unspecified atom stereocenters. The van der Waals surface area contributed by atoms with Crippen molar-refractivity contribution in [3.8, 4) is 0 Å². The summed E-state index contributed by atoms with van der Waals surface area (Å²) in [4.78, 5) is 11.4. The second kappa shape index (κ2) is 11.7. The van der Waals surface area contributed by atoms with Crippen LogP contribution in [0.4, 0.5) is 5.13 Å². The van der Waals surface area contributed by atoms with E-state index < -0.39 is 10.0 Å². The Bertz CT molecular complexity index is 756. The summed E-state index contributed by atoms with van der Waals surface area (Å²) in [6, 6.07) is 0.246. The Morgan fingerprint density at radius 2 is 1.97 bits per heavy atom. The summed E-state index contributed by atoms with van der Waals surface area (Å²) in [6.07, 6.45) is 4.98. The predicted molar refractivity (Wildman–Crippen MR) is 131 cm³/mol. The van der Waals surface area contributed by atoms with Gasteiger partial charge in [0, 0.05) is 57.6 Å². The Balaban J connectivity index is 0.00000300. The van der Waals surface area contributed by atoms with E-state index in [2.05, 4.69) is 25.9 Å². The fourth-order valence-electron chi connectivity index (χ4n) is 3.62. The minimum atomic E-state index is -3.08. The number of thiazole rings is 1. The Kier molecular flexibility index (Phi) is 9.89. The number of hydrogen-bond donors (Lipinski definition) is 2. The van der Waals surface area contributed by atoms with Crippen LogP contribution in [0.15, 0.2) is 10.4 Å². The van der Waals surface area contributed by atoms with Crippen LogP contribution in [-0.4, -0.2) is 75.2 Å². The maximum absolute atomic E-state index is 12.0. The standard InChI is InChI=1S/C18H32N6O2S2.HI/c1-3-28(25,26)24-12-7-15(8-13-24)21-17(19-2)20-9-6-16-14-27-18(22-16)23-10-4-5-11-23;/h14-15H,3-13H2,1-2H3,(H2,19,20,21);1H. The summed E-state index contributed by atoms with van der Waals surface area (Å²) < 4.78 is 25.5. The Hall–Kier alpha value is -0.660. The first-order valence-corrected chi connectivity index (χ1v) is 12.6. The van der Waals surface area contributed by atoms with Crippen molar-refractivity contribution in [2.75, 3.05) is 50.4 Å². The molecule has 2 fully saturated rings. The summed E-state index contributed by atoms with van der Waals surface area (Å²) in [5.74, 6) is 0.941. The van der Waals surface area contributed by atoms with E-state index in [0.717, 1.165) is 55.7 Å². The van der Waals surface area contributed by atoms with Crippen molar-refractivity contribution in [1.82, 2.24) is 19.9 Å². The van der Waals surface area contributed by atoms with Crippen molar-refractivity contribution in [3.63, 3.8) is 0 Å². The molecule has 0 aliphatic carbocycles. The van der Waals surface area contributed by atoms with Gasteiger partial charge in [0.15, 0.2) is 11.1 Å². The van der Waals surface area contributed by atoms with E-state index in [1.807, 2.05) is 0 Å². The van der Waals surface area contributed by atoms with Crippen LogP contribution >= 0.6 is 35.3 Å². The SMILES string of the molecule is CCS(=O)(=O)N1CCC(NC(=NC)NCCc2csc(N3CCCC3)n2)CC1.I. The van der Waals surface area contributed by atoms with Crippen molar-refractivity contribution in [2.24, 2.45) is 4.99 Å². The molecule has 11 heteroatoms. The summed E-state index contributed by atoms with van der Waals surface area (Å²) in [6.45, 7) is 5.86. The quantitative estimate of drug-likeness (QED) is 0.303. The van der Waals surface area contributed by atoms with Gasteiger partial charge in [-0.15, -0.1) is 35.3 Å². The molecule has 0 radical (unpaired) electrons. The second-order valence-electron chi connectivity index (χ2n) is 7.28. The molecule has 0 saturated carbocycles. The molecule has 0 aromatic carbocycles. The first kappa shape index (κ1) is 24.6. The average molecular weight is 557 g/mol. The number of hydrogen-bond acceptors (Lipinski definition) is 6. The molecule has 2 N–H and O–H groups in total. The molecule has 0 spiro atoms. The molecule has 0 bridgehead atoms. The molecule has 0 atom stereocenters. The number of sulfonamides is 1. The molecular weight excluding hydrogens is 523 g/mol. The third-order valence-corrected chi connectivity index (χ3v) is 8.20. The van der Waals surface area contributed by atoms with Crippen LogP contribution < -0.4 is 15.5 Å². The molecule has 166 valence electrons. The maximum Gasteiger partial charge on any atom is 0.213 e. The zero-order chi connectivity index (χ0) is 20.0. The number of rotatable bonds is 7. The molecule has 2 saturated heterocycles. The second-order valence-corrected chi connectivity index (χ2v) is 10.4. The van der Waals surface area contributed by atoms with Gasteiger partial charge in [-0.25, -0.2) is 17.7 Å². The zero-order valence-corrected chi connectivity index (χ0v) is 21.2. The van der Waals surface area contributed by atoms with Crippen molar-refractivity contribution < 1.29 is 8.42 Å². The number of anilines is 1. The van der Waals surface area contributed by atoms with Crippen molar-refractivity contribution in [3.05, 3.63) is 11.1 Å². The molecular formula is C18H33IN6O2S2. The lowest BCUT2D eigenvalue weighted by atomic mass is 10.1. The average Bonchev–Trinajstić information content (AvgIpc) is 3.39. The van der Waals surface area contributed by atoms with Crippen LogP contribution in [-0.2, 0) is 16.4 Å². The highest BCUT2D eigenvalue weighted by atomic mass is 127. The molecule has 0 amide bonds. The summed E-state index contributed by atoms with van der Waals surface area (Å²) in [5.41, 5.74) is 1.12. The van der Waals surface area contributed by atoms with Crippen LogP contribution in [0.5, 0.6) is 0 Å². The third-order valence-electron chi connectivity index (χ3n) is 5.37. The lowest BCUT2D eigenvalue weighted by Gasteiger charge is -2.32. The lowest BCUT2D eigenvalue weighted by molar-refractivity contribution is 0.306. The highest BCUT2D eigenvalue weighted by Crippen LogP contribution is 2.24. The first-order valence-electron chi connectivity index (χ1n) is 10.2. The first-order chi connectivity index (χ1) is 13.5. The molecule has 1 aromatic rings. The van der Waals surface area contributed by atoms with E-state index in [1.54, 1.807) is 29.6 Å². The molecule has 1 aromatic heterocycles. The van der Waals surface area contributed by atoms with Gasteiger partial charge in [0.05, 0.1) is 11.4 Å². The molecule has 3 heterocycles. The molecule has 3 rings (SSSR count). The summed E-state index contributed by atoms with van der Waals surface area (Å²) in [5, 5.41) is 10.1. The van der Waals surface area contributed by atoms with Gasteiger partial charge in [-0.1, -0.05) is 0 Å². The smallest absolute Gasteiger partial charge is 0.213 e. The number of guanidine groups is 1. The van der Waals surface area contributed by atoms with Crippen LogP contribution in [0.1, 0.15) is 38.3 Å². The molecule has 2 aliphatic heterocycles. The molecule has 2 aliphatic rings. The maximum atomic E-state index is 12.0. The molecule has 8 nitrogen and oxygen atoms in total. The van der Waals surface area contributed by atoms with Crippen LogP contribution in [0.3, 0.4) is 0 Å². The highest BCUT2D eigenvalue weighted by molar-refractivity contribution is 14.0. The topological polar surface area (TPSA) is 89.9 Å². The number of halogens is 1. The third kappa shape index (κ3) is 6.93. The fourth-order valence-corrected chi connectivity index (χ4v) is 5.67. The summed E-state index contributed by atoms with van der Waals surface area (Å²) in [7, 11) is -1.31. The lowest BCUT2D eigenvalue weighted by Crippen LogP contribution is -2.50. The van der Waals surface area contributed by atoms with Gasteiger partial charge in [-0.3, -0.25) is 4.99 Å². The Morgan fingerprint density at radius 3 is 2.59 bits per heavy atom. The van der Waals surface area contributed by atoms with Crippen molar-refractivity contribution in [2.45, 2.75) is 45.1 Å². The van der Waals surface area contributed by atoms with E-state index >= 15 is 0 Å². The van der Waals surface area contributed by atoms with E-state index in [0.29, 0.717) is 13.1 Å². The Labute approximate surface area is 195 Å². The van der Waals surface area contributed by atoms with Gasteiger partial charge >= 0.3 is 0 Å². The number of nitrogens with zero attached hydrogens (tertiary/aromatic N) is 4.